The van der Waals surface area contributed by atoms with Crippen molar-refractivity contribution in [3.8, 4) is 0 Å². The van der Waals surface area contributed by atoms with Crippen LogP contribution in [0.1, 0.15) is 16.1 Å². The van der Waals surface area contributed by atoms with Crippen LogP contribution in [-0.2, 0) is 6.54 Å². The zero-order valence-electron chi connectivity index (χ0n) is 8.68. The number of nitrogens with two attached hydrogens (primary N) is 1. The van der Waals surface area contributed by atoms with Gasteiger partial charge in [-0.15, -0.1) is 11.3 Å². The first-order valence-electron chi connectivity index (χ1n) is 4.73. The molecule has 0 saturated heterocycles. The summed E-state index contributed by atoms with van der Waals surface area (Å²) >= 11 is 7.28. The fraction of sp³-hybridized carbons (Fsp3) is 0.100. The summed E-state index contributed by atoms with van der Waals surface area (Å²) in [5.74, 6) is -0.317. The van der Waals surface area contributed by atoms with E-state index in [1.165, 1.54) is 23.6 Å². The Hall–Kier alpha value is -1.66. The van der Waals surface area contributed by atoms with Gasteiger partial charge in [-0.05, 0) is 6.07 Å². The summed E-state index contributed by atoms with van der Waals surface area (Å²) in [5.41, 5.74) is 8.71. The lowest BCUT2D eigenvalue weighted by atomic mass is 10.2. The minimum atomic E-state index is -0.317. The molecule has 2 aromatic rings. The Labute approximate surface area is 107 Å². The van der Waals surface area contributed by atoms with Crippen molar-refractivity contribution in [2.45, 2.75) is 6.54 Å². The average molecular weight is 269 g/mol. The van der Waals surface area contributed by atoms with Crippen molar-refractivity contribution in [2.75, 3.05) is 5.73 Å². The topological polar surface area (TPSA) is 80.9 Å². The summed E-state index contributed by atoms with van der Waals surface area (Å²) in [6.07, 6.45) is 1.40. The lowest BCUT2D eigenvalue weighted by Gasteiger charge is -2.05. The first-order chi connectivity index (χ1) is 8.16. The summed E-state index contributed by atoms with van der Waals surface area (Å²) in [7, 11) is 0. The fourth-order valence-corrected chi connectivity index (χ4v) is 1.96. The van der Waals surface area contributed by atoms with Gasteiger partial charge in [-0.25, -0.2) is 9.97 Å². The summed E-state index contributed by atoms with van der Waals surface area (Å²) in [6.45, 7) is 0.355. The maximum absolute atomic E-state index is 11.8. The van der Waals surface area contributed by atoms with Crippen LogP contribution in [0.5, 0.6) is 0 Å². The molecule has 0 unspecified atom stereocenters. The molecule has 0 aliphatic rings. The van der Waals surface area contributed by atoms with E-state index in [4.69, 9.17) is 17.3 Å². The quantitative estimate of drug-likeness (QED) is 0.831. The molecule has 0 fully saturated rings. The smallest absolute Gasteiger partial charge is 0.254 e. The zero-order chi connectivity index (χ0) is 12.3. The molecule has 0 bridgehead atoms. The molecular formula is C10H9ClN4OS. The van der Waals surface area contributed by atoms with Crippen LogP contribution < -0.4 is 11.1 Å². The van der Waals surface area contributed by atoms with Gasteiger partial charge in [0.1, 0.15) is 5.15 Å². The van der Waals surface area contributed by atoms with Gasteiger partial charge in [-0.3, -0.25) is 4.79 Å². The van der Waals surface area contributed by atoms with Crippen LogP contribution in [0, 0.1) is 0 Å². The number of nitrogens with zero attached hydrogens (tertiary/aromatic N) is 2. The predicted molar refractivity (Wildman–Crippen MR) is 66.9 cm³/mol. The second-order valence-electron chi connectivity index (χ2n) is 3.27. The maximum atomic E-state index is 11.8. The molecule has 0 radical (unpaired) electrons. The number of carbonyl (C=O) groups excluding carboxylic acids is 1. The molecule has 2 rings (SSSR count). The van der Waals surface area contributed by atoms with Crippen LogP contribution in [0.25, 0.3) is 0 Å². The van der Waals surface area contributed by atoms with Crippen LogP contribution in [-0.4, -0.2) is 15.9 Å². The van der Waals surface area contributed by atoms with Crippen molar-refractivity contribution in [3.05, 3.63) is 39.6 Å². The molecule has 0 aliphatic heterocycles. The second kappa shape index (κ2) is 5.11. The van der Waals surface area contributed by atoms with Crippen LogP contribution in [0.15, 0.2) is 23.2 Å². The van der Waals surface area contributed by atoms with Crippen LogP contribution in [0.2, 0.25) is 5.15 Å². The van der Waals surface area contributed by atoms with Crippen molar-refractivity contribution in [1.82, 2.24) is 15.3 Å². The number of hydrogen-bond donors (Lipinski definition) is 2. The number of hydrogen-bond acceptors (Lipinski definition) is 5. The number of nitrogen functional groups attached to an aromatic ring is 1. The molecule has 3 N–H and O–H groups in total. The molecular weight excluding hydrogens is 260 g/mol. The molecule has 5 nitrogen and oxygen atoms in total. The zero-order valence-corrected chi connectivity index (χ0v) is 10.3. The van der Waals surface area contributed by atoms with Gasteiger partial charge in [0.2, 0.25) is 0 Å². The first kappa shape index (κ1) is 11.8. The van der Waals surface area contributed by atoms with Crippen molar-refractivity contribution >= 4 is 34.5 Å². The Morgan fingerprint density at radius 2 is 2.35 bits per heavy atom. The van der Waals surface area contributed by atoms with E-state index >= 15 is 0 Å². The van der Waals surface area contributed by atoms with E-state index in [9.17, 15) is 4.79 Å². The molecule has 0 spiro atoms. The number of anilines is 1. The molecule has 0 saturated carbocycles. The molecule has 17 heavy (non-hydrogen) atoms. The Bertz CT molecular complexity index is 529. The van der Waals surface area contributed by atoms with Gasteiger partial charge in [0.15, 0.2) is 0 Å². The molecule has 0 aliphatic carbocycles. The number of carbonyl (C=O) groups is 1. The molecule has 1 amide bonds. The highest BCUT2D eigenvalue weighted by Crippen LogP contribution is 2.15. The van der Waals surface area contributed by atoms with E-state index in [1.807, 2.05) is 5.38 Å². The van der Waals surface area contributed by atoms with E-state index in [1.54, 1.807) is 5.51 Å². The Morgan fingerprint density at radius 1 is 1.53 bits per heavy atom. The van der Waals surface area contributed by atoms with E-state index < -0.39 is 0 Å². The number of thiazole rings is 1. The van der Waals surface area contributed by atoms with Crippen molar-refractivity contribution < 1.29 is 4.79 Å². The van der Waals surface area contributed by atoms with Gasteiger partial charge in [0.05, 0.1) is 35.2 Å². The number of aromatic nitrogens is 2. The standard InChI is InChI=1S/C10H9ClN4OS/c11-9-8(1-6(12)2-13-9)10(16)14-3-7-4-17-5-15-7/h1-2,4-5H,3,12H2,(H,14,16). The first-order valence-corrected chi connectivity index (χ1v) is 6.05. The SMILES string of the molecule is Nc1cnc(Cl)c(C(=O)NCc2cscn2)c1. The Morgan fingerprint density at radius 3 is 3.06 bits per heavy atom. The summed E-state index contributed by atoms with van der Waals surface area (Å²) in [4.78, 5) is 19.7. The lowest BCUT2D eigenvalue weighted by molar-refractivity contribution is 0.0950. The molecule has 2 aromatic heterocycles. The van der Waals surface area contributed by atoms with Gasteiger partial charge in [0, 0.05) is 5.38 Å². The number of rotatable bonds is 3. The third kappa shape index (κ3) is 2.92. The maximum Gasteiger partial charge on any atom is 0.254 e. The van der Waals surface area contributed by atoms with Gasteiger partial charge < -0.3 is 11.1 Å². The van der Waals surface area contributed by atoms with Crippen molar-refractivity contribution in [1.29, 1.82) is 0 Å². The highest BCUT2D eigenvalue weighted by Gasteiger charge is 2.11. The largest absolute Gasteiger partial charge is 0.397 e. The van der Waals surface area contributed by atoms with Crippen molar-refractivity contribution in [3.63, 3.8) is 0 Å². The molecule has 2 heterocycles. The number of amides is 1. The minimum Gasteiger partial charge on any atom is -0.397 e. The summed E-state index contributed by atoms with van der Waals surface area (Å²) in [5, 5.41) is 4.69. The van der Waals surface area contributed by atoms with E-state index in [0.717, 1.165) is 5.69 Å². The van der Waals surface area contributed by atoms with Gasteiger partial charge >= 0.3 is 0 Å². The Kier molecular flexibility index (Phi) is 3.55. The lowest BCUT2D eigenvalue weighted by Crippen LogP contribution is -2.23. The summed E-state index contributed by atoms with van der Waals surface area (Å²) in [6, 6.07) is 1.49. The monoisotopic (exact) mass is 268 g/mol. The molecule has 88 valence electrons. The highest BCUT2D eigenvalue weighted by molar-refractivity contribution is 7.07. The van der Waals surface area contributed by atoms with Crippen LogP contribution in [0.4, 0.5) is 5.69 Å². The predicted octanol–water partition coefficient (Wildman–Crippen LogP) is 1.70. The van der Waals surface area contributed by atoms with E-state index in [2.05, 4.69) is 15.3 Å². The highest BCUT2D eigenvalue weighted by atomic mass is 35.5. The fourth-order valence-electron chi connectivity index (χ4n) is 1.21. The molecule has 7 heteroatoms. The van der Waals surface area contributed by atoms with Gasteiger partial charge in [0.25, 0.3) is 5.91 Å². The minimum absolute atomic E-state index is 0.134. The summed E-state index contributed by atoms with van der Waals surface area (Å²) < 4.78 is 0. The van der Waals surface area contributed by atoms with Crippen LogP contribution in [0.3, 0.4) is 0 Å². The number of nitrogens with one attached hydrogen (secondary N) is 1. The van der Waals surface area contributed by atoms with Gasteiger partial charge in [-0.2, -0.15) is 0 Å². The molecule has 0 aromatic carbocycles. The van der Waals surface area contributed by atoms with E-state index in [0.29, 0.717) is 12.2 Å². The average Bonchev–Trinajstić information content (AvgIpc) is 2.82. The third-order valence-electron chi connectivity index (χ3n) is 2.02. The Balaban J connectivity index is 2.07. The van der Waals surface area contributed by atoms with E-state index in [-0.39, 0.29) is 16.6 Å². The van der Waals surface area contributed by atoms with Crippen LogP contribution >= 0.6 is 22.9 Å². The van der Waals surface area contributed by atoms with Gasteiger partial charge in [-0.1, -0.05) is 11.6 Å². The second-order valence-corrected chi connectivity index (χ2v) is 4.35. The number of pyridine rings is 1. The number of halogens is 1. The normalized spacial score (nSPS) is 10.2. The van der Waals surface area contributed by atoms with Crippen molar-refractivity contribution in [2.24, 2.45) is 0 Å². The molecule has 0 atom stereocenters. The third-order valence-corrected chi connectivity index (χ3v) is 2.95.